The number of ether oxygens (including phenoxy) is 2. The van der Waals surface area contributed by atoms with E-state index in [0.717, 1.165) is 18.8 Å². The second-order valence-electron chi connectivity index (χ2n) is 6.68. The molecule has 0 aliphatic carbocycles. The third-order valence-corrected chi connectivity index (χ3v) is 4.61. The molecule has 3 rings (SSSR count). The van der Waals surface area contributed by atoms with Crippen molar-refractivity contribution >= 4 is 23.3 Å². The molecule has 1 amide bonds. The number of benzene rings is 2. The lowest BCUT2D eigenvalue weighted by Gasteiger charge is -2.28. The maximum Gasteiger partial charge on any atom is 0.338 e. The van der Waals surface area contributed by atoms with Crippen LogP contribution < -0.4 is 15.0 Å². The molecule has 6 nitrogen and oxygen atoms in total. The Bertz CT molecular complexity index is 781. The van der Waals surface area contributed by atoms with E-state index in [1.807, 2.05) is 24.3 Å². The number of carbonyl (C=O) groups excluding carboxylic acids is 2. The van der Waals surface area contributed by atoms with Gasteiger partial charge in [-0.2, -0.15) is 0 Å². The van der Waals surface area contributed by atoms with Gasteiger partial charge in [0.2, 0.25) is 0 Å². The first-order chi connectivity index (χ1) is 13.7. The number of rotatable bonds is 7. The van der Waals surface area contributed by atoms with Crippen LogP contribution in [-0.2, 0) is 9.53 Å². The molecule has 1 saturated heterocycles. The topological polar surface area (TPSA) is 67.9 Å². The van der Waals surface area contributed by atoms with Gasteiger partial charge in [-0.25, -0.2) is 4.79 Å². The van der Waals surface area contributed by atoms with E-state index in [1.54, 1.807) is 31.2 Å². The summed E-state index contributed by atoms with van der Waals surface area (Å²) in [5.41, 5.74) is 2.38. The van der Waals surface area contributed by atoms with Gasteiger partial charge in [0.1, 0.15) is 5.75 Å². The van der Waals surface area contributed by atoms with Crippen LogP contribution in [0.1, 0.15) is 36.5 Å². The molecule has 1 aliphatic heterocycles. The van der Waals surface area contributed by atoms with Gasteiger partial charge in [-0.3, -0.25) is 4.79 Å². The average molecular weight is 382 g/mol. The summed E-state index contributed by atoms with van der Waals surface area (Å²) in [4.78, 5) is 26.1. The second kappa shape index (κ2) is 9.78. The van der Waals surface area contributed by atoms with Crippen molar-refractivity contribution in [2.45, 2.75) is 26.2 Å². The van der Waals surface area contributed by atoms with E-state index in [0.29, 0.717) is 17.9 Å². The van der Waals surface area contributed by atoms with Gasteiger partial charge in [0.25, 0.3) is 5.91 Å². The van der Waals surface area contributed by atoms with Crippen LogP contribution in [0.15, 0.2) is 48.5 Å². The summed E-state index contributed by atoms with van der Waals surface area (Å²) in [5.74, 6) is -0.0939. The molecule has 0 bridgehead atoms. The summed E-state index contributed by atoms with van der Waals surface area (Å²) in [6.45, 7) is 4.17. The zero-order chi connectivity index (χ0) is 19.8. The molecular weight excluding hydrogens is 356 g/mol. The highest BCUT2D eigenvalue weighted by atomic mass is 16.5. The largest absolute Gasteiger partial charge is 0.484 e. The molecule has 0 saturated carbocycles. The van der Waals surface area contributed by atoms with Crippen LogP contribution in [0.2, 0.25) is 0 Å². The smallest absolute Gasteiger partial charge is 0.338 e. The first kappa shape index (κ1) is 19.7. The Morgan fingerprint density at radius 2 is 1.64 bits per heavy atom. The Hall–Kier alpha value is -3.02. The van der Waals surface area contributed by atoms with Crippen LogP contribution in [0.3, 0.4) is 0 Å². The fourth-order valence-electron chi connectivity index (χ4n) is 3.16. The molecule has 2 aromatic carbocycles. The zero-order valence-electron chi connectivity index (χ0n) is 16.1. The zero-order valence-corrected chi connectivity index (χ0v) is 16.1. The fourth-order valence-corrected chi connectivity index (χ4v) is 3.16. The van der Waals surface area contributed by atoms with E-state index in [1.165, 1.54) is 24.9 Å². The minimum atomic E-state index is -0.375. The third kappa shape index (κ3) is 5.49. The van der Waals surface area contributed by atoms with Crippen molar-refractivity contribution < 1.29 is 19.1 Å². The van der Waals surface area contributed by atoms with E-state index >= 15 is 0 Å². The molecule has 1 N–H and O–H groups in total. The lowest BCUT2D eigenvalue weighted by molar-refractivity contribution is -0.118. The van der Waals surface area contributed by atoms with Crippen molar-refractivity contribution in [3.8, 4) is 5.75 Å². The van der Waals surface area contributed by atoms with Gasteiger partial charge < -0.3 is 19.7 Å². The van der Waals surface area contributed by atoms with Gasteiger partial charge in [-0.1, -0.05) is 0 Å². The summed E-state index contributed by atoms with van der Waals surface area (Å²) in [5, 5.41) is 2.83. The first-order valence-corrected chi connectivity index (χ1v) is 9.70. The summed E-state index contributed by atoms with van der Waals surface area (Å²) < 4.78 is 10.4. The van der Waals surface area contributed by atoms with Gasteiger partial charge in [0.05, 0.1) is 12.2 Å². The maximum atomic E-state index is 12.1. The predicted molar refractivity (Wildman–Crippen MR) is 109 cm³/mol. The molecule has 0 spiro atoms. The number of nitrogens with zero attached hydrogens (tertiary/aromatic N) is 1. The van der Waals surface area contributed by atoms with Crippen molar-refractivity contribution in [1.29, 1.82) is 0 Å². The lowest BCUT2D eigenvalue weighted by atomic mass is 10.1. The second-order valence-corrected chi connectivity index (χ2v) is 6.68. The third-order valence-electron chi connectivity index (χ3n) is 4.61. The Morgan fingerprint density at radius 1 is 0.964 bits per heavy atom. The van der Waals surface area contributed by atoms with Crippen molar-refractivity contribution in [2.24, 2.45) is 0 Å². The number of anilines is 2. The molecule has 0 atom stereocenters. The minimum Gasteiger partial charge on any atom is -0.484 e. The first-order valence-electron chi connectivity index (χ1n) is 9.70. The SMILES string of the molecule is CCOC(=O)c1ccc(OCC(=O)Nc2ccc(N3CCCCC3)cc2)cc1. The molecule has 28 heavy (non-hydrogen) atoms. The van der Waals surface area contributed by atoms with Gasteiger partial charge >= 0.3 is 5.97 Å². The van der Waals surface area contributed by atoms with E-state index in [9.17, 15) is 9.59 Å². The van der Waals surface area contributed by atoms with Crippen LogP contribution in [-0.4, -0.2) is 38.2 Å². The molecule has 148 valence electrons. The number of piperidine rings is 1. The fraction of sp³-hybridized carbons (Fsp3) is 0.364. The van der Waals surface area contributed by atoms with E-state index in [2.05, 4.69) is 10.2 Å². The quantitative estimate of drug-likeness (QED) is 0.736. The number of esters is 1. The molecule has 6 heteroatoms. The molecule has 1 aliphatic rings. The van der Waals surface area contributed by atoms with E-state index in [-0.39, 0.29) is 18.5 Å². The van der Waals surface area contributed by atoms with Crippen LogP contribution in [0.5, 0.6) is 5.75 Å². The normalized spacial score (nSPS) is 13.7. The molecular formula is C22H26N2O4. The van der Waals surface area contributed by atoms with Crippen molar-refractivity contribution in [3.63, 3.8) is 0 Å². The summed E-state index contributed by atoms with van der Waals surface area (Å²) in [6, 6.07) is 14.4. The number of amides is 1. The van der Waals surface area contributed by atoms with E-state index in [4.69, 9.17) is 9.47 Å². The summed E-state index contributed by atoms with van der Waals surface area (Å²) in [7, 11) is 0. The molecule has 2 aromatic rings. The van der Waals surface area contributed by atoms with Gasteiger partial charge in [-0.15, -0.1) is 0 Å². The highest BCUT2D eigenvalue weighted by molar-refractivity contribution is 5.92. The molecule has 0 radical (unpaired) electrons. The standard InChI is InChI=1S/C22H26N2O4/c1-2-27-22(26)17-6-12-20(13-7-17)28-16-21(25)23-18-8-10-19(11-9-18)24-14-4-3-5-15-24/h6-13H,2-5,14-16H2,1H3,(H,23,25). The van der Waals surface area contributed by atoms with Crippen molar-refractivity contribution in [1.82, 2.24) is 0 Å². The maximum absolute atomic E-state index is 12.1. The highest BCUT2D eigenvalue weighted by Gasteiger charge is 2.11. The molecule has 1 fully saturated rings. The Kier molecular flexibility index (Phi) is 6.89. The number of hydrogen-bond acceptors (Lipinski definition) is 5. The minimum absolute atomic E-state index is 0.105. The monoisotopic (exact) mass is 382 g/mol. The van der Waals surface area contributed by atoms with Crippen LogP contribution in [0.4, 0.5) is 11.4 Å². The van der Waals surface area contributed by atoms with Crippen LogP contribution >= 0.6 is 0 Å². The Morgan fingerprint density at radius 3 is 2.29 bits per heavy atom. The van der Waals surface area contributed by atoms with Crippen molar-refractivity contribution in [2.75, 3.05) is 36.5 Å². The average Bonchev–Trinajstić information content (AvgIpc) is 2.74. The van der Waals surface area contributed by atoms with E-state index < -0.39 is 0 Å². The van der Waals surface area contributed by atoms with Crippen molar-refractivity contribution in [3.05, 3.63) is 54.1 Å². The molecule has 0 aromatic heterocycles. The molecule has 1 heterocycles. The predicted octanol–water partition coefficient (Wildman–Crippen LogP) is 3.87. The lowest BCUT2D eigenvalue weighted by Crippen LogP contribution is -2.29. The molecule has 0 unspecified atom stereocenters. The van der Waals surface area contributed by atoms with Gasteiger partial charge in [-0.05, 0) is 74.7 Å². The summed E-state index contributed by atoms with van der Waals surface area (Å²) >= 11 is 0. The summed E-state index contributed by atoms with van der Waals surface area (Å²) in [6.07, 6.45) is 3.77. The van der Waals surface area contributed by atoms with Crippen LogP contribution in [0.25, 0.3) is 0 Å². The number of nitrogens with one attached hydrogen (secondary N) is 1. The Balaban J connectivity index is 1.47. The van der Waals surface area contributed by atoms with Crippen LogP contribution in [0, 0.1) is 0 Å². The van der Waals surface area contributed by atoms with Gasteiger partial charge in [0, 0.05) is 24.5 Å². The highest BCUT2D eigenvalue weighted by Crippen LogP contribution is 2.22. The van der Waals surface area contributed by atoms with Gasteiger partial charge in [0.15, 0.2) is 6.61 Å². The Labute approximate surface area is 165 Å². The number of carbonyl (C=O) groups is 2. The number of hydrogen-bond donors (Lipinski definition) is 1.